The topological polar surface area (TPSA) is 75.3 Å². The molecule has 0 aliphatic carbocycles. The van der Waals surface area contributed by atoms with E-state index in [0.29, 0.717) is 18.3 Å². The number of nitrogens with zero attached hydrogens (tertiary/aromatic N) is 4. The summed E-state index contributed by atoms with van der Waals surface area (Å²) in [6, 6.07) is 3.73. The summed E-state index contributed by atoms with van der Waals surface area (Å²) in [5.74, 6) is 1.32. The average molecular weight is 288 g/mol. The highest BCUT2D eigenvalue weighted by Gasteiger charge is 2.34. The predicted molar refractivity (Wildman–Crippen MR) is 77.2 cm³/mol. The van der Waals surface area contributed by atoms with E-state index in [9.17, 15) is 5.11 Å². The second-order valence-corrected chi connectivity index (χ2v) is 5.99. The third-order valence-corrected chi connectivity index (χ3v) is 4.26. The van der Waals surface area contributed by atoms with Gasteiger partial charge in [-0.15, -0.1) is 10.2 Å². The van der Waals surface area contributed by atoms with E-state index in [1.807, 2.05) is 19.1 Å². The molecule has 1 N–H and O–H groups in total. The van der Waals surface area contributed by atoms with Crippen LogP contribution in [0.3, 0.4) is 0 Å². The third-order valence-electron chi connectivity index (χ3n) is 4.26. The van der Waals surface area contributed by atoms with Gasteiger partial charge in [0.2, 0.25) is 11.8 Å². The van der Waals surface area contributed by atoms with Crippen molar-refractivity contribution >= 4 is 0 Å². The zero-order valence-corrected chi connectivity index (χ0v) is 12.4. The number of aromatic nitrogens is 3. The van der Waals surface area contributed by atoms with Crippen molar-refractivity contribution in [2.45, 2.75) is 32.4 Å². The van der Waals surface area contributed by atoms with Crippen molar-refractivity contribution in [3.05, 3.63) is 30.4 Å². The fraction of sp³-hybridized carbons (Fsp3) is 0.533. The number of rotatable bonds is 3. The highest BCUT2D eigenvalue weighted by molar-refractivity contribution is 5.49. The zero-order chi connectivity index (χ0) is 14.9. The Hall–Kier alpha value is -1.79. The molecular weight excluding hydrogens is 268 g/mol. The molecular formula is C15H20N4O2. The molecule has 6 nitrogen and oxygen atoms in total. The Balaban J connectivity index is 1.66. The van der Waals surface area contributed by atoms with Crippen molar-refractivity contribution in [1.82, 2.24) is 20.1 Å². The molecule has 2 aromatic rings. The van der Waals surface area contributed by atoms with E-state index < -0.39 is 5.60 Å². The van der Waals surface area contributed by atoms with Crippen LogP contribution in [0, 0.1) is 5.92 Å². The first-order valence-corrected chi connectivity index (χ1v) is 7.22. The Morgan fingerprint density at radius 2 is 2.33 bits per heavy atom. The summed E-state index contributed by atoms with van der Waals surface area (Å²) >= 11 is 0. The van der Waals surface area contributed by atoms with E-state index in [1.165, 1.54) is 0 Å². The zero-order valence-electron chi connectivity index (χ0n) is 12.4. The van der Waals surface area contributed by atoms with Crippen LogP contribution in [0.2, 0.25) is 0 Å². The van der Waals surface area contributed by atoms with Crippen LogP contribution in [0.25, 0.3) is 11.5 Å². The van der Waals surface area contributed by atoms with Gasteiger partial charge in [-0.1, -0.05) is 6.92 Å². The molecule has 0 radical (unpaired) electrons. The molecule has 6 heteroatoms. The summed E-state index contributed by atoms with van der Waals surface area (Å²) in [5.41, 5.74) is 0.248. The van der Waals surface area contributed by atoms with Crippen LogP contribution >= 0.6 is 0 Å². The van der Waals surface area contributed by atoms with E-state index >= 15 is 0 Å². The van der Waals surface area contributed by atoms with E-state index in [2.05, 4.69) is 27.0 Å². The molecule has 1 aliphatic heterocycles. The van der Waals surface area contributed by atoms with Crippen molar-refractivity contribution in [3.63, 3.8) is 0 Å². The third kappa shape index (κ3) is 3.11. The first-order valence-electron chi connectivity index (χ1n) is 7.22. The Morgan fingerprint density at radius 1 is 1.48 bits per heavy atom. The van der Waals surface area contributed by atoms with Crippen molar-refractivity contribution in [3.8, 4) is 11.5 Å². The molecule has 3 heterocycles. The molecule has 0 unspecified atom stereocenters. The molecule has 21 heavy (non-hydrogen) atoms. The molecule has 2 aromatic heterocycles. The molecule has 1 aliphatic rings. The molecule has 0 spiro atoms. The lowest BCUT2D eigenvalue weighted by atomic mass is 9.84. The number of hydrogen-bond donors (Lipinski definition) is 1. The Morgan fingerprint density at radius 3 is 3.05 bits per heavy atom. The van der Waals surface area contributed by atoms with Crippen molar-refractivity contribution in [1.29, 1.82) is 0 Å². The minimum absolute atomic E-state index is 0.229. The summed E-state index contributed by atoms with van der Waals surface area (Å²) in [6.07, 6.45) is 4.18. The van der Waals surface area contributed by atoms with Gasteiger partial charge >= 0.3 is 0 Å². The largest absolute Gasteiger partial charge is 0.419 e. The predicted octanol–water partition coefficient (Wildman–Crippen LogP) is 1.72. The summed E-state index contributed by atoms with van der Waals surface area (Å²) < 4.78 is 5.69. The molecule has 2 atom stereocenters. The van der Waals surface area contributed by atoms with E-state index in [0.717, 1.165) is 25.1 Å². The van der Waals surface area contributed by atoms with Gasteiger partial charge in [0.05, 0.1) is 17.7 Å². The first-order chi connectivity index (χ1) is 10.0. The fourth-order valence-electron chi connectivity index (χ4n) is 2.56. The lowest BCUT2D eigenvalue weighted by molar-refractivity contribution is -0.0538. The molecule has 0 amide bonds. The minimum Gasteiger partial charge on any atom is -0.419 e. The monoisotopic (exact) mass is 288 g/mol. The van der Waals surface area contributed by atoms with Gasteiger partial charge in [0.25, 0.3) is 0 Å². The van der Waals surface area contributed by atoms with Crippen molar-refractivity contribution in [2.24, 2.45) is 5.92 Å². The Bertz CT molecular complexity index is 597. The van der Waals surface area contributed by atoms with Gasteiger partial charge in [0.1, 0.15) is 0 Å². The fourth-order valence-corrected chi connectivity index (χ4v) is 2.56. The molecule has 112 valence electrons. The van der Waals surface area contributed by atoms with Crippen LogP contribution in [0.4, 0.5) is 0 Å². The Labute approximate surface area is 123 Å². The van der Waals surface area contributed by atoms with Gasteiger partial charge in [-0.2, -0.15) is 0 Å². The first kappa shape index (κ1) is 14.2. The highest BCUT2D eigenvalue weighted by Crippen LogP contribution is 2.28. The number of aliphatic hydroxyl groups is 1. The van der Waals surface area contributed by atoms with Crippen LogP contribution in [-0.2, 0) is 6.54 Å². The molecule has 0 saturated carbocycles. The quantitative estimate of drug-likeness (QED) is 0.927. The van der Waals surface area contributed by atoms with Crippen molar-refractivity contribution < 1.29 is 9.52 Å². The van der Waals surface area contributed by atoms with Crippen LogP contribution < -0.4 is 0 Å². The highest BCUT2D eigenvalue weighted by atomic mass is 16.4. The lowest BCUT2D eigenvalue weighted by Crippen LogP contribution is -2.48. The lowest BCUT2D eigenvalue weighted by Gasteiger charge is -2.40. The number of pyridine rings is 1. The smallest absolute Gasteiger partial charge is 0.249 e. The van der Waals surface area contributed by atoms with E-state index in [-0.39, 0.29) is 5.92 Å². The second-order valence-electron chi connectivity index (χ2n) is 5.99. The minimum atomic E-state index is -0.577. The normalized spacial score (nSPS) is 26.9. The van der Waals surface area contributed by atoms with Gasteiger partial charge in [0, 0.05) is 25.5 Å². The van der Waals surface area contributed by atoms with Gasteiger partial charge in [-0.25, -0.2) is 0 Å². The molecule has 1 saturated heterocycles. The summed E-state index contributed by atoms with van der Waals surface area (Å²) in [6.45, 7) is 6.26. The maximum atomic E-state index is 10.2. The summed E-state index contributed by atoms with van der Waals surface area (Å²) in [7, 11) is 0. The van der Waals surface area contributed by atoms with Gasteiger partial charge in [0.15, 0.2) is 0 Å². The second kappa shape index (κ2) is 5.54. The molecule has 1 fully saturated rings. The van der Waals surface area contributed by atoms with Crippen LogP contribution in [0.15, 0.2) is 28.9 Å². The van der Waals surface area contributed by atoms with Crippen LogP contribution in [-0.4, -0.2) is 43.9 Å². The average Bonchev–Trinajstić information content (AvgIpc) is 2.93. The van der Waals surface area contributed by atoms with E-state index in [4.69, 9.17) is 4.42 Å². The molecule has 0 aromatic carbocycles. The van der Waals surface area contributed by atoms with Gasteiger partial charge in [-0.05, 0) is 31.4 Å². The standard InChI is InChI=1S/C15H20N4O2/c1-11-9-19(7-5-15(11,2)20)10-13-17-18-14(21-13)12-4-3-6-16-8-12/h3-4,6,8,11,20H,5,7,9-10H2,1-2H3/t11-,15+/m1/s1. The van der Waals surface area contributed by atoms with E-state index in [1.54, 1.807) is 12.4 Å². The van der Waals surface area contributed by atoms with Crippen LogP contribution in [0.5, 0.6) is 0 Å². The maximum Gasteiger partial charge on any atom is 0.249 e. The summed E-state index contributed by atoms with van der Waals surface area (Å²) in [4.78, 5) is 6.29. The number of piperidine rings is 1. The molecule has 0 bridgehead atoms. The maximum absolute atomic E-state index is 10.2. The van der Waals surface area contributed by atoms with Crippen molar-refractivity contribution in [2.75, 3.05) is 13.1 Å². The van der Waals surface area contributed by atoms with Gasteiger partial charge < -0.3 is 9.52 Å². The number of hydrogen-bond acceptors (Lipinski definition) is 6. The summed E-state index contributed by atoms with van der Waals surface area (Å²) in [5, 5.41) is 18.4. The van der Waals surface area contributed by atoms with Gasteiger partial charge in [-0.3, -0.25) is 9.88 Å². The Kier molecular flexibility index (Phi) is 3.73. The number of likely N-dealkylation sites (tertiary alicyclic amines) is 1. The SMILES string of the molecule is C[C@@H]1CN(Cc2nnc(-c3cccnc3)o2)CC[C@]1(C)O. The van der Waals surface area contributed by atoms with Crippen LogP contribution in [0.1, 0.15) is 26.2 Å². The molecule has 3 rings (SSSR count).